The van der Waals surface area contributed by atoms with E-state index in [4.69, 9.17) is 16.0 Å². The Bertz CT molecular complexity index is 594. The number of nitrogens with one attached hydrogen (secondary N) is 1. The lowest BCUT2D eigenvalue weighted by Crippen LogP contribution is -2.24. The van der Waals surface area contributed by atoms with Crippen molar-refractivity contribution in [2.24, 2.45) is 0 Å². The molecule has 1 N–H and O–H groups in total. The van der Waals surface area contributed by atoms with Gasteiger partial charge in [-0.2, -0.15) is 0 Å². The third kappa shape index (κ3) is 3.57. The van der Waals surface area contributed by atoms with E-state index in [1.54, 1.807) is 0 Å². The van der Waals surface area contributed by atoms with Crippen LogP contribution in [0.3, 0.4) is 0 Å². The van der Waals surface area contributed by atoms with Crippen LogP contribution in [0.15, 0.2) is 28.7 Å². The van der Waals surface area contributed by atoms with Crippen LogP contribution in [0.4, 0.5) is 0 Å². The van der Waals surface area contributed by atoms with E-state index in [2.05, 4.69) is 47.0 Å². The average Bonchev–Trinajstić information content (AvgIpc) is 2.73. The molecule has 0 aliphatic carbocycles. The van der Waals surface area contributed by atoms with Crippen LogP contribution in [-0.2, 0) is 0 Å². The first-order valence-electron chi connectivity index (χ1n) is 6.78. The molecular formula is C16H19ClINO. The maximum atomic E-state index is 6.17. The van der Waals surface area contributed by atoms with E-state index in [1.807, 2.05) is 26.0 Å². The third-order valence-electron chi connectivity index (χ3n) is 3.26. The van der Waals surface area contributed by atoms with Crippen LogP contribution in [0.2, 0.25) is 5.02 Å². The normalized spacial score (nSPS) is 12.7. The van der Waals surface area contributed by atoms with E-state index >= 15 is 0 Å². The number of furan rings is 1. The Balaban J connectivity index is 2.46. The van der Waals surface area contributed by atoms with Crippen molar-refractivity contribution in [1.29, 1.82) is 0 Å². The minimum atomic E-state index is 0.123. The summed E-state index contributed by atoms with van der Waals surface area (Å²) < 4.78 is 6.90. The van der Waals surface area contributed by atoms with E-state index < -0.39 is 0 Å². The number of hydrogen-bond donors (Lipinski definition) is 1. The monoisotopic (exact) mass is 403 g/mol. The SMILES string of the molecule is CCCNC(c1cc(Cl)ccc1I)c1cc(C)oc1C. The Morgan fingerprint density at radius 3 is 2.60 bits per heavy atom. The van der Waals surface area contributed by atoms with Gasteiger partial charge in [-0.3, -0.25) is 0 Å². The molecule has 0 aliphatic heterocycles. The summed E-state index contributed by atoms with van der Waals surface area (Å²) in [6.45, 7) is 7.12. The van der Waals surface area contributed by atoms with Crippen molar-refractivity contribution in [3.05, 3.63) is 55.5 Å². The molecule has 1 atom stereocenters. The molecule has 0 spiro atoms. The molecule has 1 aromatic carbocycles. The standard InChI is InChI=1S/C16H19ClINO/c1-4-7-19-16(13-8-10(2)20-11(13)3)14-9-12(17)5-6-15(14)18/h5-6,8-9,16,19H,4,7H2,1-3H3. The number of aryl methyl sites for hydroxylation is 2. The highest BCUT2D eigenvalue weighted by atomic mass is 127. The van der Waals surface area contributed by atoms with Crippen LogP contribution in [0.5, 0.6) is 0 Å². The number of hydrogen-bond acceptors (Lipinski definition) is 2. The Morgan fingerprint density at radius 2 is 2.00 bits per heavy atom. The van der Waals surface area contributed by atoms with Gasteiger partial charge < -0.3 is 9.73 Å². The van der Waals surface area contributed by atoms with Crippen molar-refractivity contribution in [2.75, 3.05) is 6.54 Å². The summed E-state index contributed by atoms with van der Waals surface area (Å²) in [5.74, 6) is 1.91. The van der Waals surface area contributed by atoms with Gasteiger partial charge in [0.05, 0.1) is 6.04 Å². The molecule has 0 fully saturated rings. The molecule has 0 radical (unpaired) electrons. The molecule has 20 heavy (non-hydrogen) atoms. The van der Waals surface area contributed by atoms with Gasteiger partial charge in [-0.1, -0.05) is 18.5 Å². The maximum Gasteiger partial charge on any atom is 0.106 e. The summed E-state index contributed by atoms with van der Waals surface area (Å²) in [4.78, 5) is 0. The molecule has 0 aliphatic rings. The zero-order valence-electron chi connectivity index (χ0n) is 12.0. The largest absolute Gasteiger partial charge is 0.466 e. The van der Waals surface area contributed by atoms with Gasteiger partial charge >= 0.3 is 0 Å². The van der Waals surface area contributed by atoms with E-state index in [0.29, 0.717) is 0 Å². The smallest absolute Gasteiger partial charge is 0.106 e. The first-order chi connectivity index (χ1) is 9.52. The maximum absolute atomic E-state index is 6.17. The third-order valence-corrected chi connectivity index (χ3v) is 4.48. The van der Waals surface area contributed by atoms with Gasteiger partial charge in [0.25, 0.3) is 0 Å². The predicted octanol–water partition coefficient (Wildman–Crippen LogP) is 5.24. The van der Waals surface area contributed by atoms with Gasteiger partial charge in [0.2, 0.25) is 0 Å². The predicted molar refractivity (Wildman–Crippen MR) is 92.5 cm³/mol. The highest BCUT2D eigenvalue weighted by Gasteiger charge is 2.21. The van der Waals surface area contributed by atoms with E-state index in [0.717, 1.165) is 29.5 Å². The number of benzene rings is 1. The van der Waals surface area contributed by atoms with Crippen LogP contribution < -0.4 is 5.32 Å². The van der Waals surface area contributed by atoms with Crippen molar-refractivity contribution in [2.45, 2.75) is 33.2 Å². The Kier molecular flexibility index (Phi) is 5.52. The summed E-state index contributed by atoms with van der Waals surface area (Å²) >= 11 is 8.53. The molecule has 1 unspecified atom stereocenters. The second-order valence-electron chi connectivity index (χ2n) is 4.92. The summed E-state index contributed by atoms with van der Waals surface area (Å²) in [7, 11) is 0. The van der Waals surface area contributed by atoms with E-state index in [1.165, 1.54) is 14.7 Å². The molecule has 2 aromatic rings. The molecule has 2 nitrogen and oxygen atoms in total. The minimum absolute atomic E-state index is 0.123. The first-order valence-corrected chi connectivity index (χ1v) is 8.23. The Hall–Kier alpha value is -0.520. The fourth-order valence-electron chi connectivity index (χ4n) is 2.35. The van der Waals surface area contributed by atoms with Gasteiger partial charge in [-0.05, 0) is 79.2 Å². The summed E-state index contributed by atoms with van der Waals surface area (Å²) in [6, 6.07) is 8.26. The lowest BCUT2D eigenvalue weighted by Gasteiger charge is -2.20. The van der Waals surface area contributed by atoms with E-state index in [-0.39, 0.29) is 6.04 Å². The lowest BCUT2D eigenvalue weighted by atomic mass is 9.99. The van der Waals surface area contributed by atoms with Crippen molar-refractivity contribution in [1.82, 2.24) is 5.32 Å². The fraction of sp³-hybridized carbons (Fsp3) is 0.375. The minimum Gasteiger partial charge on any atom is -0.466 e. The summed E-state index contributed by atoms with van der Waals surface area (Å²) in [5, 5.41) is 4.37. The highest BCUT2D eigenvalue weighted by Crippen LogP contribution is 2.31. The second-order valence-corrected chi connectivity index (χ2v) is 6.52. The van der Waals surface area contributed by atoms with Crippen molar-refractivity contribution < 1.29 is 4.42 Å². The molecule has 108 valence electrons. The van der Waals surface area contributed by atoms with Crippen LogP contribution >= 0.6 is 34.2 Å². The Labute approximate surface area is 139 Å². The topological polar surface area (TPSA) is 25.2 Å². The van der Waals surface area contributed by atoms with Gasteiger partial charge in [0, 0.05) is 14.2 Å². The zero-order valence-corrected chi connectivity index (χ0v) is 14.9. The quantitative estimate of drug-likeness (QED) is 0.690. The summed E-state index contributed by atoms with van der Waals surface area (Å²) in [5.41, 5.74) is 2.39. The average molecular weight is 404 g/mol. The fourth-order valence-corrected chi connectivity index (χ4v) is 3.18. The molecule has 0 saturated heterocycles. The molecule has 4 heteroatoms. The number of rotatable bonds is 5. The molecule has 0 bridgehead atoms. The number of halogens is 2. The van der Waals surface area contributed by atoms with Crippen molar-refractivity contribution >= 4 is 34.2 Å². The van der Waals surface area contributed by atoms with Crippen LogP contribution in [0, 0.1) is 17.4 Å². The van der Waals surface area contributed by atoms with E-state index in [9.17, 15) is 0 Å². The second kappa shape index (κ2) is 6.96. The molecule has 1 heterocycles. The molecular weight excluding hydrogens is 385 g/mol. The molecule has 0 saturated carbocycles. The van der Waals surface area contributed by atoms with Gasteiger partial charge in [0.15, 0.2) is 0 Å². The van der Waals surface area contributed by atoms with Gasteiger partial charge in [-0.25, -0.2) is 0 Å². The van der Waals surface area contributed by atoms with Crippen LogP contribution in [0.1, 0.15) is 42.0 Å². The lowest BCUT2D eigenvalue weighted by molar-refractivity contribution is 0.493. The van der Waals surface area contributed by atoms with Gasteiger partial charge in [-0.15, -0.1) is 0 Å². The zero-order chi connectivity index (χ0) is 14.7. The van der Waals surface area contributed by atoms with Crippen LogP contribution in [0.25, 0.3) is 0 Å². The van der Waals surface area contributed by atoms with Gasteiger partial charge in [0.1, 0.15) is 11.5 Å². The molecule has 2 rings (SSSR count). The van der Waals surface area contributed by atoms with Crippen LogP contribution in [-0.4, -0.2) is 6.54 Å². The Morgan fingerprint density at radius 1 is 1.25 bits per heavy atom. The van der Waals surface area contributed by atoms with Crippen molar-refractivity contribution in [3.63, 3.8) is 0 Å². The molecule has 0 amide bonds. The highest BCUT2D eigenvalue weighted by molar-refractivity contribution is 14.1. The summed E-state index contributed by atoms with van der Waals surface area (Å²) in [6.07, 6.45) is 1.09. The van der Waals surface area contributed by atoms with Crippen molar-refractivity contribution in [3.8, 4) is 0 Å². The first kappa shape index (κ1) is 15.9. The molecule has 1 aromatic heterocycles.